The molecule has 0 aromatic heterocycles. The van der Waals surface area contributed by atoms with Crippen LogP contribution in [0.4, 0.5) is 57.1 Å². The van der Waals surface area contributed by atoms with Crippen molar-refractivity contribution in [3.8, 4) is 0 Å². The number of piperidine rings is 1. The molecule has 1 unspecified atom stereocenters. The van der Waals surface area contributed by atoms with E-state index in [1.807, 2.05) is 0 Å². The Labute approximate surface area is 148 Å². The first-order chi connectivity index (χ1) is 12.2. The van der Waals surface area contributed by atoms with E-state index in [9.17, 15) is 61.9 Å². The first-order valence-corrected chi connectivity index (χ1v) is 7.41. The van der Waals surface area contributed by atoms with Gasteiger partial charge in [-0.05, 0) is 18.8 Å². The molecule has 28 heavy (non-hydrogen) atoms. The zero-order valence-corrected chi connectivity index (χ0v) is 13.7. The molecule has 1 fully saturated rings. The van der Waals surface area contributed by atoms with E-state index in [1.165, 1.54) is 6.92 Å². The maximum Gasteiger partial charge on any atom is 0.460 e. The Morgan fingerprint density at radius 1 is 0.750 bits per heavy atom. The number of hydrogen-bond acceptors (Lipinski definition) is 1. The molecule has 0 spiro atoms. The summed E-state index contributed by atoms with van der Waals surface area (Å²) in [5, 5.41) is 0. The SMILES string of the molecule is CC1CCCN(C(=O)C(F)(F)C(F)(F)C(F)(F)C(F)(F)C(F)(F)C(F)(F)F)C1. The van der Waals surface area contributed by atoms with Crippen molar-refractivity contribution < 1.29 is 61.9 Å². The van der Waals surface area contributed by atoms with E-state index in [0.29, 0.717) is 6.42 Å². The maximum atomic E-state index is 13.7. The lowest BCUT2D eigenvalue weighted by Crippen LogP contribution is -2.72. The smallest absolute Gasteiger partial charge is 0.337 e. The highest BCUT2D eigenvalue weighted by Gasteiger charge is 2.91. The van der Waals surface area contributed by atoms with E-state index in [2.05, 4.69) is 0 Å². The summed E-state index contributed by atoms with van der Waals surface area (Å²) >= 11 is 0. The van der Waals surface area contributed by atoms with Gasteiger partial charge in [0.2, 0.25) is 0 Å². The van der Waals surface area contributed by atoms with Crippen molar-refractivity contribution in [3.05, 3.63) is 0 Å². The zero-order valence-electron chi connectivity index (χ0n) is 13.7. The topological polar surface area (TPSA) is 20.3 Å². The average molecular weight is 445 g/mol. The van der Waals surface area contributed by atoms with Crippen LogP contribution < -0.4 is 0 Å². The number of carbonyl (C=O) groups is 1. The molecule has 0 saturated carbocycles. The van der Waals surface area contributed by atoms with Crippen LogP contribution in [-0.2, 0) is 4.79 Å². The highest BCUT2D eigenvalue weighted by atomic mass is 19.4. The molecule has 166 valence electrons. The predicted octanol–water partition coefficient (Wildman–Crippen LogP) is 4.98. The molecule has 1 saturated heterocycles. The van der Waals surface area contributed by atoms with Gasteiger partial charge < -0.3 is 4.90 Å². The van der Waals surface area contributed by atoms with Gasteiger partial charge in [-0.1, -0.05) is 6.92 Å². The van der Waals surface area contributed by atoms with E-state index in [0.717, 1.165) is 0 Å². The normalized spacial score (nSPS) is 21.1. The van der Waals surface area contributed by atoms with Gasteiger partial charge >= 0.3 is 35.8 Å². The Balaban J connectivity index is 3.38. The lowest BCUT2D eigenvalue weighted by Gasteiger charge is -2.41. The standard InChI is InChI=1S/C13H12F13NO/c1-6-3-2-4-27(5-6)7(28)8(14,15)9(16,17)10(18,19)11(20,21)12(22,23)13(24,25)26/h6H,2-5H2,1H3. The Bertz CT molecular complexity index is 598. The van der Waals surface area contributed by atoms with Crippen LogP contribution >= 0.6 is 0 Å². The highest BCUT2D eigenvalue weighted by Crippen LogP contribution is 2.60. The van der Waals surface area contributed by atoms with E-state index in [1.54, 1.807) is 0 Å². The van der Waals surface area contributed by atoms with Crippen LogP contribution in [0.2, 0.25) is 0 Å². The summed E-state index contributed by atoms with van der Waals surface area (Å²) < 4.78 is 169. The average Bonchev–Trinajstić information content (AvgIpc) is 2.52. The molecule has 0 aromatic rings. The van der Waals surface area contributed by atoms with E-state index in [-0.39, 0.29) is 11.3 Å². The van der Waals surface area contributed by atoms with Crippen LogP contribution in [0, 0.1) is 5.92 Å². The third-order valence-electron chi connectivity index (χ3n) is 4.15. The van der Waals surface area contributed by atoms with Crippen molar-refractivity contribution in [3.63, 3.8) is 0 Å². The van der Waals surface area contributed by atoms with E-state index >= 15 is 0 Å². The minimum atomic E-state index is -8.00. The van der Waals surface area contributed by atoms with Crippen LogP contribution in [0.3, 0.4) is 0 Å². The number of halogens is 13. The van der Waals surface area contributed by atoms with Crippen molar-refractivity contribution in [2.75, 3.05) is 13.1 Å². The molecule has 2 nitrogen and oxygen atoms in total. The van der Waals surface area contributed by atoms with E-state index in [4.69, 9.17) is 0 Å². The molecular weight excluding hydrogens is 433 g/mol. The molecule has 0 radical (unpaired) electrons. The van der Waals surface area contributed by atoms with Crippen LogP contribution in [0.5, 0.6) is 0 Å². The van der Waals surface area contributed by atoms with Crippen molar-refractivity contribution >= 4 is 5.91 Å². The summed E-state index contributed by atoms with van der Waals surface area (Å²) in [5.41, 5.74) is 0. The highest BCUT2D eigenvalue weighted by molar-refractivity contribution is 5.85. The summed E-state index contributed by atoms with van der Waals surface area (Å²) in [6.07, 6.45) is -7.21. The lowest BCUT2D eigenvalue weighted by molar-refractivity contribution is -0.436. The second kappa shape index (κ2) is 6.82. The van der Waals surface area contributed by atoms with E-state index < -0.39 is 60.7 Å². The van der Waals surface area contributed by atoms with Crippen molar-refractivity contribution in [1.29, 1.82) is 0 Å². The first kappa shape index (κ1) is 24.6. The molecule has 1 rings (SSSR count). The minimum Gasteiger partial charge on any atom is -0.337 e. The van der Waals surface area contributed by atoms with Crippen LogP contribution in [0.1, 0.15) is 19.8 Å². The lowest BCUT2D eigenvalue weighted by atomic mass is 9.92. The zero-order chi connectivity index (χ0) is 22.6. The van der Waals surface area contributed by atoms with Crippen molar-refractivity contribution in [1.82, 2.24) is 4.90 Å². The fourth-order valence-corrected chi connectivity index (χ4v) is 2.48. The number of hydrogen-bond donors (Lipinski definition) is 0. The molecule has 0 bridgehead atoms. The maximum absolute atomic E-state index is 13.7. The Morgan fingerprint density at radius 2 is 1.18 bits per heavy atom. The van der Waals surface area contributed by atoms with Gasteiger partial charge in [-0.25, -0.2) is 0 Å². The van der Waals surface area contributed by atoms with Gasteiger partial charge in [0.15, 0.2) is 0 Å². The number of alkyl halides is 13. The molecule has 0 aliphatic carbocycles. The Morgan fingerprint density at radius 3 is 1.57 bits per heavy atom. The van der Waals surface area contributed by atoms with Crippen LogP contribution in [-0.4, -0.2) is 59.7 Å². The summed E-state index contributed by atoms with van der Waals surface area (Å²) in [4.78, 5) is 11.5. The van der Waals surface area contributed by atoms with Crippen molar-refractivity contribution in [2.45, 2.75) is 55.6 Å². The van der Waals surface area contributed by atoms with Gasteiger partial charge in [0.25, 0.3) is 5.91 Å². The molecular formula is C13H12F13NO. The summed E-state index contributed by atoms with van der Waals surface area (Å²) in [5.74, 6) is -41.7. The van der Waals surface area contributed by atoms with Gasteiger partial charge in [0.1, 0.15) is 0 Å². The third kappa shape index (κ3) is 3.37. The van der Waals surface area contributed by atoms with Gasteiger partial charge in [-0.15, -0.1) is 0 Å². The second-order valence-corrected chi connectivity index (χ2v) is 6.37. The molecule has 0 N–H and O–H groups in total. The molecule has 0 aromatic carbocycles. The first-order valence-electron chi connectivity index (χ1n) is 7.41. The van der Waals surface area contributed by atoms with Crippen LogP contribution in [0.15, 0.2) is 0 Å². The fraction of sp³-hybridized carbons (Fsp3) is 0.923. The number of nitrogens with zero attached hydrogens (tertiary/aromatic N) is 1. The van der Waals surface area contributed by atoms with Gasteiger partial charge in [-0.3, -0.25) is 4.79 Å². The van der Waals surface area contributed by atoms with Gasteiger partial charge in [0.05, 0.1) is 0 Å². The summed E-state index contributed by atoms with van der Waals surface area (Å²) in [6.45, 7) is 0.0308. The van der Waals surface area contributed by atoms with Crippen LogP contribution in [0.25, 0.3) is 0 Å². The third-order valence-corrected chi connectivity index (χ3v) is 4.15. The molecule has 15 heteroatoms. The summed E-state index contributed by atoms with van der Waals surface area (Å²) in [6, 6.07) is 0. The largest absolute Gasteiger partial charge is 0.460 e. The second-order valence-electron chi connectivity index (χ2n) is 6.37. The predicted molar refractivity (Wildman–Crippen MR) is 65.8 cm³/mol. The molecule has 1 aliphatic rings. The molecule has 1 heterocycles. The van der Waals surface area contributed by atoms with Gasteiger partial charge in [-0.2, -0.15) is 57.1 Å². The summed E-state index contributed by atoms with van der Waals surface area (Å²) in [7, 11) is 0. The quantitative estimate of drug-likeness (QED) is 0.547. The number of likely N-dealkylation sites (tertiary alicyclic amines) is 1. The number of amides is 1. The molecule has 1 amide bonds. The molecule has 1 aliphatic heterocycles. The number of carbonyl (C=O) groups excluding carboxylic acids is 1. The molecule has 1 atom stereocenters. The number of rotatable bonds is 5. The Kier molecular flexibility index (Phi) is 5.99. The fourth-order valence-electron chi connectivity index (χ4n) is 2.48. The van der Waals surface area contributed by atoms with Crippen molar-refractivity contribution in [2.24, 2.45) is 5.92 Å². The van der Waals surface area contributed by atoms with Gasteiger partial charge in [0, 0.05) is 13.1 Å². The monoisotopic (exact) mass is 445 g/mol. The Hall–Kier alpha value is -1.44. The minimum absolute atomic E-state index is 0.0484.